The van der Waals surface area contributed by atoms with Gasteiger partial charge in [0.2, 0.25) is 0 Å². The number of benzene rings is 9. The zero-order chi connectivity index (χ0) is 36.7. The summed E-state index contributed by atoms with van der Waals surface area (Å²) < 4.78 is 15.7. The Morgan fingerprint density at radius 2 is 1.07 bits per heavy atom. The second kappa shape index (κ2) is 12.2. The van der Waals surface area contributed by atoms with Gasteiger partial charge in [0.05, 0.1) is 5.69 Å². The minimum Gasteiger partial charge on any atom is -0.455 e. The standard InChI is InChI=1S/C52H31NO2S/c1-2-11-32(12-3-1)37-14-6-8-19-44(37)53(35-24-21-34(22-25-35)39-17-10-18-41-40-16-7-9-20-45(40)54-51(39)41)36-26-29-47-43(31-36)50-48(56-47)30-27-42-49-38-15-5-4-13-33(38)23-28-46(49)55-52(42)50/h1-31H. The molecule has 0 aliphatic rings. The first-order valence-corrected chi connectivity index (χ1v) is 19.7. The van der Waals surface area contributed by atoms with Crippen molar-refractivity contribution >= 4 is 103 Å². The van der Waals surface area contributed by atoms with E-state index in [4.69, 9.17) is 8.83 Å². The van der Waals surface area contributed by atoms with Gasteiger partial charge in [0.15, 0.2) is 0 Å². The molecule has 0 N–H and O–H groups in total. The van der Waals surface area contributed by atoms with Crippen LogP contribution in [0.3, 0.4) is 0 Å². The highest BCUT2D eigenvalue weighted by molar-refractivity contribution is 7.26. The molecule has 0 radical (unpaired) electrons. The summed E-state index contributed by atoms with van der Waals surface area (Å²) in [5.41, 5.74) is 11.4. The molecule has 0 saturated carbocycles. The fraction of sp³-hybridized carbons (Fsp3) is 0. The number of fused-ring (bicyclic) bond motifs is 12. The highest BCUT2D eigenvalue weighted by atomic mass is 32.1. The Morgan fingerprint density at radius 3 is 1.98 bits per heavy atom. The summed E-state index contributed by atoms with van der Waals surface area (Å²) in [7, 11) is 0. The average Bonchev–Trinajstić information content (AvgIpc) is 3.96. The van der Waals surface area contributed by atoms with E-state index in [1.165, 1.54) is 36.5 Å². The second-order valence-corrected chi connectivity index (χ2v) is 15.5. The lowest BCUT2D eigenvalue weighted by Crippen LogP contribution is -2.11. The van der Waals surface area contributed by atoms with E-state index in [1.807, 2.05) is 23.5 Å². The Kier molecular flexibility index (Phi) is 6.80. The van der Waals surface area contributed by atoms with Crippen LogP contribution in [0.5, 0.6) is 0 Å². The van der Waals surface area contributed by atoms with Gasteiger partial charge in [-0.25, -0.2) is 0 Å². The van der Waals surface area contributed by atoms with Gasteiger partial charge in [-0.05, 0) is 82.6 Å². The van der Waals surface area contributed by atoms with Crippen LogP contribution < -0.4 is 4.90 Å². The van der Waals surface area contributed by atoms with Gasteiger partial charge in [-0.2, -0.15) is 0 Å². The molecule has 12 aromatic rings. The molecule has 0 spiro atoms. The van der Waals surface area contributed by atoms with Crippen molar-refractivity contribution in [2.75, 3.05) is 4.90 Å². The van der Waals surface area contributed by atoms with Crippen LogP contribution in [-0.2, 0) is 0 Å². The largest absolute Gasteiger partial charge is 0.455 e. The summed E-state index contributed by atoms with van der Waals surface area (Å²) in [6.07, 6.45) is 0. The number of para-hydroxylation sites is 3. The lowest BCUT2D eigenvalue weighted by molar-refractivity contribution is 0.670. The number of rotatable bonds is 5. The molecule has 56 heavy (non-hydrogen) atoms. The number of hydrogen-bond donors (Lipinski definition) is 0. The molecule has 3 heterocycles. The summed E-state index contributed by atoms with van der Waals surface area (Å²) >= 11 is 1.82. The lowest BCUT2D eigenvalue weighted by atomic mass is 10.00. The van der Waals surface area contributed by atoms with Crippen molar-refractivity contribution in [1.82, 2.24) is 0 Å². The number of nitrogens with zero attached hydrogens (tertiary/aromatic N) is 1. The Balaban J connectivity index is 1.07. The summed E-state index contributed by atoms with van der Waals surface area (Å²) in [6, 6.07) is 67.2. The quantitative estimate of drug-likeness (QED) is 0.176. The van der Waals surface area contributed by atoms with E-state index in [9.17, 15) is 0 Å². The maximum absolute atomic E-state index is 6.78. The predicted octanol–water partition coefficient (Wildman–Crippen LogP) is 15.8. The van der Waals surface area contributed by atoms with Crippen molar-refractivity contribution in [3.05, 3.63) is 188 Å². The molecule has 3 nitrogen and oxygen atoms in total. The van der Waals surface area contributed by atoms with Crippen LogP contribution in [0.4, 0.5) is 17.1 Å². The van der Waals surface area contributed by atoms with E-state index in [2.05, 4.69) is 181 Å². The molecule has 0 amide bonds. The molecule has 0 aliphatic carbocycles. The summed E-state index contributed by atoms with van der Waals surface area (Å²) in [4.78, 5) is 2.39. The van der Waals surface area contributed by atoms with Gasteiger partial charge in [-0.1, -0.05) is 127 Å². The molecule has 0 aliphatic heterocycles. The Morgan fingerprint density at radius 1 is 0.375 bits per heavy atom. The number of thiophene rings is 1. The van der Waals surface area contributed by atoms with E-state index in [0.717, 1.165) is 77.6 Å². The van der Waals surface area contributed by atoms with E-state index >= 15 is 0 Å². The number of furan rings is 2. The molecule has 9 aromatic carbocycles. The zero-order valence-corrected chi connectivity index (χ0v) is 30.9. The first-order valence-electron chi connectivity index (χ1n) is 18.9. The van der Waals surface area contributed by atoms with E-state index in [1.54, 1.807) is 0 Å². The molecule has 0 unspecified atom stereocenters. The third-order valence-corrected chi connectivity index (χ3v) is 12.4. The fourth-order valence-electron chi connectivity index (χ4n) is 8.71. The highest BCUT2D eigenvalue weighted by Gasteiger charge is 2.21. The van der Waals surface area contributed by atoms with Crippen LogP contribution >= 0.6 is 11.3 Å². The third kappa shape index (κ3) is 4.70. The predicted molar refractivity (Wildman–Crippen MR) is 237 cm³/mol. The topological polar surface area (TPSA) is 29.5 Å². The first-order chi connectivity index (χ1) is 27.8. The van der Waals surface area contributed by atoms with Crippen LogP contribution in [-0.4, -0.2) is 0 Å². The van der Waals surface area contributed by atoms with Crippen molar-refractivity contribution in [2.24, 2.45) is 0 Å². The van der Waals surface area contributed by atoms with Gasteiger partial charge in [0.25, 0.3) is 0 Å². The summed E-state index contributed by atoms with van der Waals surface area (Å²) in [6.45, 7) is 0. The molecule has 12 rings (SSSR count). The molecule has 0 saturated heterocycles. The molecule has 262 valence electrons. The van der Waals surface area contributed by atoms with Gasteiger partial charge < -0.3 is 13.7 Å². The minimum absolute atomic E-state index is 0.903. The first kappa shape index (κ1) is 31.2. The molecule has 0 fully saturated rings. The molecular formula is C52H31NO2S. The maximum atomic E-state index is 6.78. The van der Waals surface area contributed by atoms with Crippen molar-refractivity contribution in [3.8, 4) is 22.3 Å². The van der Waals surface area contributed by atoms with Crippen molar-refractivity contribution in [1.29, 1.82) is 0 Å². The van der Waals surface area contributed by atoms with Crippen LogP contribution in [0.2, 0.25) is 0 Å². The maximum Gasteiger partial charge on any atom is 0.144 e. The molecule has 3 aromatic heterocycles. The van der Waals surface area contributed by atoms with E-state index < -0.39 is 0 Å². The number of anilines is 3. The normalized spacial score (nSPS) is 11.9. The van der Waals surface area contributed by atoms with Crippen molar-refractivity contribution < 1.29 is 8.83 Å². The van der Waals surface area contributed by atoms with E-state index in [-0.39, 0.29) is 0 Å². The van der Waals surface area contributed by atoms with Crippen LogP contribution in [0.25, 0.3) is 97.1 Å². The minimum atomic E-state index is 0.903. The summed E-state index contributed by atoms with van der Waals surface area (Å²) in [5.74, 6) is 0. The van der Waals surface area contributed by atoms with Gasteiger partial charge in [0.1, 0.15) is 22.3 Å². The zero-order valence-electron chi connectivity index (χ0n) is 30.1. The fourth-order valence-corrected chi connectivity index (χ4v) is 9.80. The number of hydrogen-bond acceptors (Lipinski definition) is 4. The molecule has 4 heteroatoms. The van der Waals surface area contributed by atoms with E-state index in [0.29, 0.717) is 0 Å². The Hall–Kier alpha value is -7.14. The average molecular weight is 734 g/mol. The molecule has 0 bridgehead atoms. The molecular weight excluding hydrogens is 703 g/mol. The van der Waals surface area contributed by atoms with Gasteiger partial charge >= 0.3 is 0 Å². The highest BCUT2D eigenvalue weighted by Crippen LogP contribution is 2.47. The van der Waals surface area contributed by atoms with Gasteiger partial charge in [-0.15, -0.1) is 11.3 Å². The van der Waals surface area contributed by atoms with Crippen LogP contribution in [0, 0.1) is 0 Å². The molecule has 0 atom stereocenters. The SMILES string of the molecule is c1ccc(-c2ccccc2N(c2ccc(-c3cccc4c3oc3ccccc34)cc2)c2ccc3sc4ccc5c(oc6ccc7ccccc7c65)c4c3c2)cc1. The lowest BCUT2D eigenvalue weighted by Gasteiger charge is -2.28. The van der Waals surface area contributed by atoms with Crippen molar-refractivity contribution in [2.45, 2.75) is 0 Å². The van der Waals surface area contributed by atoms with Gasteiger partial charge in [-0.3, -0.25) is 0 Å². The Bertz CT molecular complexity index is 3480. The van der Waals surface area contributed by atoms with Crippen LogP contribution in [0.15, 0.2) is 197 Å². The smallest absolute Gasteiger partial charge is 0.144 e. The summed E-state index contributed by atoms with van der Waals surface area (Å²) in [5, 5.41) is 9.36. The Labute approximate surface area is 325 Å². The monoisotopic (exact) mass is 733 g/mol. The second-order valence-electron chi connectivity index (χ2n) is 14.4. The van der Waals surface area contributed by atoms with Crippen molar-refractivity contribution in [3.63, 3.8) is 0 Å². The van der Waals surface area contributed by atoms with Gasteiger partial charge in [0, 0.05) is 64.2 Å². The van der Waals surface area contributed by atoms with Crippen LogP contribution in [0.1, 0.15) is 0 Å². The third-order valence-electron chi connectivity index (χ3n) is 11.3.